The second kappa shape index (κ2) is 16.2. The Morgan fingerprint density at radius 3 is 2.05 bits per heavy atom. The summed E-state index contributed by atoms with van der Waals surface area (Å²) in [5.74, 6) is 1.04. The van der Waals surface area contributed by atoms with E-state index in [2.05, 4.69) is 41.3 Å². The first kappa shape index (κ1) is 29.8. The highest BCUT2D eigenvalue weighted by Crippen LogP contribution is 2.36. The van der Waals surface area contributed by atoms with E-state index in [1.165, 1.54) is 5.56 Å². The van der Waals surface area contributed by atoms with Crippen molar-refractivity contribution >= 4 is 5.97 Å². The molecule has 0 N–H and O–H groups in total. The van der Waals surface area contributed by atoms with E-state index < -0.39 is 0 Å². The number of nitrogens with zero attached hydrogens (tertiary/aromatic N) is 1. The Bertz CT molecular complexity index is 1310. The average Bonchev–Trinajstić information content (AvgIpc) is 3.02. The predicted molar refractivity (Wildman–Crippen MR) is 161 cm³/mol. The molecule has 0 radical (unpaired) electrons. The molecule has 6 heteroatoms. The van der Waals surface area contributed by atoms with Gasteiger partial charge in [0, 0.05) is 37.9 Å². The lowest BCUT2D eigenvalue weighted by Gasteiger charge is -2.33. The zero-order valence-electron chi connectivity index (χ0n) is 23.9. The van der Waals surface area contributed by atoms with Crippen molar-refractivity contribution in [2.24, 2.45) is 0 Å². The van der Waals surface area contributed by atoms with Crippen molar-refractivity contribution in [2.45, 2.75) is 39.0 Å². The Balaban J connectivity index is 1.68. The van der Waals surface area contributed by atoms with Gasteiger partial charge in [0.2, 0.25) is 0 Å². The molecular weight excluding hydrogens is 514 g/mol. The molecule has 4 rings (SSSR count). The number of benzene rings is 4. The highest BCUT2D eigenvalue weighted by atomic mass is 16.7. The molecule has 41 heavy (non-hydrogen) atoms. The molecule has 6 nitrogen and oxygen atoms in total. The van der Waals surface area contributed by atoms with Gasteiger partial charge in [-0.3, -0.25) is 9.69 Å². The van der Waals surface area contributed by atoms with E-state index in [4.69, 9.17) is 18.9 Å². The Labute approximate surface area is 243 Å². The standard InChI is InChI=1S/C35H39NO5/c1-3-39-35(37)24-33(36(25-29-15-9-5-10-16-29)22-21-28-13-7-4-8-14-28)32-20-19-31(23-34(32)41-27-38-2)40-26-30-17-11-6-12-18-30/h4-20,23,33H,3,21-22,24-27H2,1-2H3/t33-/m1/s1. The second-order valence-corrected chi connectivity index (χ2v) is 9.74. The average molecular weight is 554 g/mol. The molecule has 0 saturated carbocycles. The molecule has 0 fully saturated rings. The van der Waals surface area contributed by atoms with E-state index in [-0.39, 0.29) is 25.2 Å². The quantitative estimate of drug-likeness (QED) is 0.110. The number of carbonyl (C=O) groups excluding carboxylic acids is 1. The first-order chi connectivity index (χ1) is 20.2. The summed E-state index contributed by atoms with van der Waals surface area (Å²) in [6, 6.07) is 36.2. The van der Waals surface area contributed by atoms with Gasteiger partial charge >= 0.3 is 5.97 Å². The van der Waals surface area contributed by atoms with E-state index >= 15 is 0 Å². The highest BCUT2D eigenvalue weighted by Gasteiger charge is 2.28. The minimum absolute atomic E-state index is 0.0734. The van der Waals surface area contributed by atoms with E-state index in [0.717, 1.165) is 29.7 Å². The molecule has 214 valence electrons. The number of hydrogen-bond acceptors (Lipinski definition) is 6. The first-order valence-corrected chi connectivity index (χ1v) is 14.1. The highest BCUT2D eigenvalue weighted by molar-refractivity contribution is 5.70. The number of ether oxygens (including phenoxy) is 4. The molecule has 1 atom stereocenters. The summed E-state index contributed by atoms with van der Waals surface area (Å²) in [6.45, 7) is 4.06. The Morgan fingerprint density at radius 2 is 1.41 bits per heavy atom. The third-order valence-corrected chi connectivity index (χ3v) is 6.79. The fourth-order valence-corrected chi connectivity index (χ4v) is 4.76. The van der Waals surface area contributed by atoms with Crippen molar-refractivity contribution in [3.63, 3.8) is 0 Å². The lowest BCUT2D eigenvalue weighted by Crippen LogP contribution is -2.33. The van der Waals surface area contributed by atoms with Crippen LogP contribution in [0.15, 0.2) is 109 Å². The molecule has 0 saturated heterocycles. The van der Waals surface area contributed by atoms with Crippen LogP contribution in [0.1, 0.15) is 41.6 Å². The molecule has 0 aliphatic heterocycles. The van der Waals surface area contributed by atoms with Crippen LogP contribution in [0.25, 0.3) is 0 Å². The van der Waals surface area contributed by atoms with Gasteiger partial charge in [-0.1, -0.05) is 97.1 Å². The summed E-state index contributed by atoms with van der Waals surface area (Å²) >= 11 is 0. The third kappa shape index (κ3) is 9.48. The zero-order chi connectivity index (χ0) is 28.7. The van der Waals surface area contributed by atoms with Crippen LogP contribution in [0.3, 0.4) is 0 Å². The van der Waals surface area contributed by atoms with E-state index in [0.29, 0.717) is 31.3 Å². The number of esters is 1. The largest absolute Gasteiger partial charge is 0.489 e. The van der Waals surface area contributed by atoms with Crippen LogP contribution in [0.4, 0.5) is 0 Å². The van der Waals surface area contributed by atoms with Gasteiger partial charge < -0.3 is 18.9 Å². The number of rotatable bonds is 16. The van der Waals surface area contributed by atoms with E-state index in [1.807, 2.05) is 79.7 Å². The molecule has 0 bridgehead atoms. The first-order valence-electron chi connectivity index (χ1n) is 14.1. The van der Waals surface area contributed by atoms with Crippen LogP contribution in [-0.4, -0.2) is 37.9 Å². The Morgan fingerprint density at radius 1 is 0.780 bits per heavy atom. The number of hydrogen-bond donors (Lipinski definition) is 0. The molecule has 0 heterocycles. The third-order valence-electron chi connectivity index (χ3n) is 6.79. The van der Waals surface area contributed by atoms with Crippen molar-refractivity contribution < 1.29 is 23.7 Å². The van der Waals surface area contributed by atoms with Gasteiger partial charge in [0.05, 0.1) is 13.0 Å². The zero-order valence-corrected chi connectivity index (χ0v) is 23.9. The SMILES string of the molecule is CCOC(=O)C[C@H](c1ccc(OCc2ccccc2)cc1OCOC)N(CCc1ccccc1)Cc1ccccc1. The molecule has 0 amide bonds. The monoisotopic (exact) mass is 553 g/mol. The van der Waals surface area contributed by atoms with Crippen molar-refractivity contribution in [1.29, 1.82) is 0 Å². The van der Waals surface area contributed by atoms with Gasteiger partial charge in [-0.2, -0.15) is 0 Å². The van der Waals surface area contributed by atoms with Crippen molar-refractivity contribution in [2.75, 3.05) is 27.1 Å². The summed E-state index contributed by atoms with van der Waals surface area (Å²) in [6.07, 6.45) is 1.02. The van der Waals surface area contributed by atoms with Crippen LogP contribution in [0, 0.1) is 0 Å². The van der Waals surface area contributed by atoms with Crippen LogP contribution in [-0.2, 0) is 33.8 Å². The summed E-state index contributed by atoms with van der Waals surface area (Å²) in [5, 5.41) is 0. The number of methoxy groups -OCH3 is 1. The molecule has 4 aromatic carbocycles. The fourth-order valence-electron chi connectivity index (χ4n) is 4.76. The van der Waals surface area contributed by atoms with Crippen LogP contribution in [0.5, 0.6) is 11.5 Å². The fraction of sp³-hybridized carbons (Fsp3) is 0.286. The number of carbonyl (C=O) groups is 1. The molecule has 0 unspecified atom stereocenters. The van der Waals surface area contributed by atoms with Crippen molar-refractivity contribution in [3.8, 4) is 11.5 Å². The molecule has 0 aliphatic rings. The van der Waals surface area contributed by atoms with Crippen molar-refractivity contribution in [3.05, 3.63) is 131 Å². The summed E-state index contributed by atoms with van der Waals surface area (Å²) in [5.41, 5.74) is 4.36. The van der Waals surface area contributed by atoms with Gasteiger partial charge in [-0.25, -0.2) is 0 Å². The maximum absolute atomic E-state index is 13.0. The molecule has 0 spiro atoms. The van der Waals surface area contributed by atoms with Crippen LogP contribution >= 0.6 is 0 Å². The summed E-state index contributed by atoms with van der Waals surface area (Å²) in [4.78, 5) is 15.3. The van der Waals surface area contributed by atoms with Gasteiger partial charge in [0.15, 0.2) is 6.79 Å². The van der Waals surface area contributed by atoms with Crippen LogP contribution < -0.4 is 9.47 Å². The molecular formula is C35H39NO5. The maximum Gasteiger partial charge on any atom is 0.307 e. The van der Waals surface area contributed by atoms with Gasteiger partial charge in [0.25, 0.3) is 0 Å². The van der Waals surface area contributed by atoms with Crippen molar-refractivity contribution in [1.82, 2.24) is 4.90 Å². The van der Waals surface area contributed by atoms with E-state index in [1.54, 1.807) is 7.11 Å². The minimum atomic E-state index is -0.298. The molecule has 0 aromatic heterocycles. The lowest BCUT2D eigenvalue weighted by atomic mass is 9.98. The van der Waals surface area contributed by atoms with E-state index in [9.17, 15) is 4.79 Å². The predicted octanol–water partition coefficient (Wildman–Crippen LogP) is 6.99. The van der Waals surface area contributed by atoms with Gasteiger partial charge in [-0.05, 0) is 36.1 Å². The van der Waals surface area contributed by atoms with Gasteiger partial charge in [0.1, 0.15) is 18.1 Å². The summed E-state index contributed by atoms with van der Waals surface area (Å²) < 4.78 is 22.9. The minimum Gasteiger partial charge on any atom is -0.489 e. The molecule has 0 aliphatic carbocycles. The Hall–Kier alpha value is -4.13. The molecule has 4 aromatic rings. The normalized spacial score (nSPS) is 11.7. The van der Waals surface area contributed by atoms with Gasteiger partial charge in [-0.15, -0.1) is 0 Å². The van der Waals surface area contributed by atoms with Crippen LogP contribution in [0.2, 0.25) is 0 Å². The topological polar surface area (TPSA) is 57.2 Å². The maximum atomic E-state index is 13.0. The summed E-state index contributed by atoms with van der Waals surface area (Å²) in [7, 11) is 1.59. The lowest BCUT2D eigenvalue weighted by molar-refractivity contribution is -0.144. The smallest absolute Gasteiger partial charge is 0.307 e. The second-order valence-electron chi connectivity index (χ2n) is 9.74. The Kier molecular flexibility index (Phi) is 11.8.